The summed E-state index contributed by atoms with van der Waals surface area (Å²) >= 11 is 3.25. The third-order valence-electron chi connectivity index (χ3n) is 1.71. The van der Waals surface area contributed by atoms with Gasteiger partial charge in [-0.25, -0.2) is 4.98 Å². The van der Waals surface area contributed by atoms with Gasteiger partial charge < -0.3 is 4.42 Å². The van der Waals surface area contributed by atoms with Gasteiger partial charge in [0.05, 0.1) is 5.33 Å². The molecule has 0 saturated carbocycles. The molecule has 0 unspecified atom stereocenters. The Hall–Kier alpha value is -1.16. The van der Waals surface area contributed by atoms with Crippen LogP contribution in [-0.2, 0) is 5.33 Å². The van der Waals surface area contributed by atoms with Gasteiger partial charge in [-0.15, -0.1) is 0 Å². The molecule has 0 bridgehead atoms. The molecular weight excluding hydrogens is 234 g/mol. The molecule has 2 aromatic rings. The van der Waals surface area contributed by atoms with Crippen molar-refractivity contribution < 1.29 is 9.21 Å². The number of hydrogen-bond acceptors (Lipinski definition) is 3. The fourth-order valence-corrected chi connectivity index (χ4v) is 1.36. The minimum absolute atomic E-state index is 0.581. The van der Waals surface area contributed by atoms with Crippen molar-refractivity contribution in [1.29, 1.82) is 0 Å². The SMILES string of the molecule is O=Cc1ccc2nc(CBr)oc2c1. The molecule has 0 saturated heterocycles. The summed E-state index contributed by atoms with van der Waals surface area (Å²) in [6, 6.07) is 5.17. The number of oxazole rings is 1. The standard InChI is InChI=1S/C9H6BrNO2/c10-4-9-11-7-2-1-6(5-12)3-8(7)13-9/h1-3,5H,4H2. The van der Waals surface area contributed by atoms with Crippen LogP contribution in [0.15, 0.2) is 22.6 Å². The first-order valence-corrected chi connectivity index (χ1v) is 4.86. The van der Waals surface area contributed by atoms with Crippen LogP contribution in [0, 0.1) is 0 Å². The first-order valence-electron chi connectivity index (χ1n) is 3.74. The Balaban J connectivity index is 2.63. The van der Waals surface area contributed by atoms with E-state index in [0.717, 1.165) is 11.8 Å². The zero-order valence-corrected chi connectivity index (χ0v) is 8.24. The largest absolute Gasteiger partial charge is 0.440 e. The van der Waals surface area contributed by atoms with E-state index in [4.69, 9.17) is 4.42 Å². The van der Waals surface area contributed by atoms with Crippen LogP contribution in [0.1, 0.15) is 16.2 Å². The van der Waals surface area contributed by atoms with E-state index in [1.807, 2.05) is 0 Å². The van der Waals surface area contributed by atoms with Crippen LogP contribution in [0.5, 0.6) is 0 Å². The van der Waals surface area contributed by atoms with Gasteiger partial charge in [0, 0.05) is 5.56 Å². The summed E-state index contributed by atoms with van der Waals surface area (Å²) in [6.45, 7) is 0. The van der Waals surface area contributed by atoms with Crippen molar-refractivity contribution in [3.05, 3.63) is 29.7 Å². The molecule has 1 aromatic heterocycles. The van der Waals surface area contributed by atoms with Crippen LogP contribution < -0.4 is 0 Å². The number of aldehydes is 1. The lowest BCUT2D eigenvalue weighted by molar-refractivity contribution is 0.112. The van der Waals surface area contributed by atoms with E-state index >= 15 is 0 Å². The van der Waals surface area contributed by atoms with Gasteiger partial charge in [-0.1, -0.05) is 15.9 Å². The summed E-state index contributed by atoms with van der Waals surface area (Å²) in [5, 5.41) is 0.581. The lowest BCUT2D eigenvalue weighted by Crippen LogP contribution is -1.77. The molecular formula is C9H6BrNO2. The van der Waals surface area contributed by atoms with Gasteiger partial charge in [0.1, 0.15) is 11.8 Å². The normalized spacial score (nSPS) is 10.5. The number of hydrogen-bond donors (Lipinski definition) is 0. The molecule has 1 heterocycles. The van der Waals surface area contributed by atoms with E-state index < -0.39 is 0 Å². The molecule has 0 amide bonds. The van der Waals surface area contributed by atoms with E-state index in [9.17, 15) is 4.79 Å². The van der Waals surface area contributed by atoms with Gasteiger partial charge in [-0.3, -0.25) is 4.79 Å². The average molecular weight is 240 g/mol. The number of nitrogens with zero attached hydrogens (tertiary/aromatic N) is 1. The summed E-state index contributed by atoms with van der Waals surface area (Å²) < 4.78 is 5.34. The van der Waals surface area contributed by atoms with Gasteiger partial charge in [0.25, 0.3) is 0 Å². The van der Waals surface area contributed by atoms with Crippen LogP contribution in [0.3, 0.4) is 0 Å². The van der Waals surface area contributed by atoms with Gasteiger partial charge in [0.2, 0.25) is 5.89 Å². The number of carbonyl (C=O) groups excluding carboxylic acids is 1. The molecule has 2 rings (SSSR count). The molecule has 0 atom stereocenters. The Kier molecular flexibility index (Phi) is 2.14. The molecule has 1 aromatic carbocycles. The number of aromatic nitrogens is 1. The molecule has 0 aliphatic heterocycles. The smallest absolute Gasteiger partial charge is 0.206 e. The van der Waals surface area contributed by atoms with Crippen LogP contribution in [0.25, 0.3) is 11.1 Å². The first-order chi connectivity index (χ1) is 6.33. The lowest BCUT2D eigenvalue weighted by atomic mass is 10.2. The minimum Gasteiger partial charge on any atom is -0.440 e. The number of fused-ring (bicyclic) bond motifs is 1. The van der Waals surface area contributed by atoms with Crippen molar-refractivity contribution in [3.63, 3.8) is 0 Å². The Morgan fingerprint density at radius 1 is 1.54 bits per heavy atom. The molecule has 3 nitrogen and oxygen atoms in total. The maximum Gasteiger partial charge on any atom is 0.206 e. The van der Waals surface area contributed by atoms with E-state index in [0.29, 0.717) is 22.4 Å². The molecule has 0 radical (unpaired) electrons. The van der Waals surface area contributed by atoms with E-state index in [1.54, 1.807) is 18.2 Å². The second-order valence-electron chi connectivity index (χ2n) is 2.59. The maximum absolute atomic E-state index is 10.5. The highest BCUT2D eigenvalue weighted by Crippen LogP contribution is 2.17. The van der Waals surface area contributed by atoms with Crippen molar-refractivity contribution in [2.75, 3.05) is 0 Å². The molecule has 0 aliphatic carbocycles. The molecule has 0 aliphatic rings. The highest BCUT2D eigenvalue weighted by Gasteiger charge is 2.04. The maximum atomic E-state index is 10.5. The number of carbonyl (C=O) groups is 1. The topological polar surface area (TPSA) is 43.1 Å². The number of halogens is 1. The predicted octanol–water partition coefficient (Wildman–Crippen LogP) is 2.54. The van der Waals surface area contributed by atoms with Crippen LogP contribution in [0.2, 0.25) is 0 Å². The summed E-state index contributed by atoms with van der Waals surface area (Å²) in [5.41, 5.74) is 2.03. The summed E-state index contributed by atoms with van der Waals surface area (Å²) in [6.07, 6.45) is 0.787. The van der Waals surface area contributed by atoms with Crippen molar-refractivity contribution in [1.82, 2.24) is 4.98 Å². The van der Waals surface area contributed by atoms with Crippen LogP contribution in [-0.4, -0.2) is 11.3 Å². The van der Waals surface area contributed by atoms with E-state index in [-0.39, 0.29) is 0 Å². The summed E-state index contributed by atoms with van der Waals surface area (Å²) in [5.74, 6) is 0.623. The van der Waals surface area contributed by atoms with Gasteiger partial charge >= 0.3 is 0 Å². The zero-order chi connectivity index (χ0) is 9.26. The average Bonchev–Trinajstić information content (AvgIpc) is 2.58. The fraction of sp³-hybridized carbons (Fsp3) is 0.111. The van der Waals surface area contributed by atoms with Gasteiger partial charge in [0.15, 0.2) is 5.58 Å². The molecule has 0 N–H and O–H groups in total. The Labute approximate surface area is 82.9 Å². The number of alkyl halides is 1. The zero-order valence-electron chi connectivity index (χ0n) is 6.66. The van der Waals surface area contributed by atoms with E-state index in [2.05, 4.69) is 20.9 Å². The third-order valence-corrected chi connectivity index (χ3v) is 2.19. The van der Waals surface area contributed by atoms with Crippen molar-refractivity contribution in [3.8, 4) is 0 Å². The molecule has 0 fully saturated rings. The highest BCUT2D eigenvalue weighted by atomic mass is 79.9. The van der Waals surface area contributed by atoms with Crippen LogP contribution >= 0.6 is 15.9 Å². The third kappa shape index (κ3) is 1.49. The van der Waals surface area contributed by atoms with Crippen LogP contribution in [0.4, 0.5) is 0 Å². The fourth-order valence-electron chi connectivity index (χ4n) is 1.12. The second kappa shape index (κ2) is 3.30. The Morgan fingerprint density at radius 2 is 2.38 bits per heavy atom. The monoisotopic (exact) mass is 239 g/mol. The Morgan fingerprint density at radius 3 is 3.08 bits per heavy atom. The van der Waals surface area contributed by atoms with Gasteiger partial charge in [-0.05, 0) is 18.2 Å². The predicted molar refractivity (Wildman–Crippen MR) is 52.0 cm³/mol. The summed E-state index contributed by atoms with van der Waals surface area (Å²) in [7, 11) is 0. The number of benzene rings is 1. The molecule has 13 heavy (non-hydrogen) atoms. The van der Waals surface area contributed by atoms with Crippen molar-refractivity contribution in [2.45, 2.75) is 5.33 Å². The lowest BCUT2D eigenvalue weighted by Gasteiger charge is -1.87. The second-order valence-corrected chi connectivity index (χ2v) is 3.15. The number of rotatable bonds is 2. The first kappa shape index (κ1) is 8.44. The van der Waals surface area contributed by atoms with Crippen molar-refractivity contribution >= 4 is 33.3 Å². The molecule has 4 heteroatoms. The van der Waals surface area contributed by atoms with Crippen molar-refractivity contribution in [2.24, 2.45) is 0 Å². The highest BCUT2D eigenvalue weighted by molar-refractivity contribution is 9.08. The quantitative estimate of drug-likeness (QED) is 0.598. The summed E-state index contributed by atoms with van der Waals surface area (Å²) in [4.78, 5) is 14.6. The molecule has 66 valence electrons. The minimum atomic E-state index is 0.581. The Bertz CT molecular complexity index is 450. The molecule has 0 spiro atoms. The van der Waals surface area contributed by atoms with E-state index in [1.165, 1.54) is 0 Å². The van der Waals surface area contributed by atoms with Gasteiger partial charge in [-0.2, -0.15) is 0 Å².